The van der Waals surface area contributed by atoms with Crippen molar-refractivity contribution >= 4 is 12.1 Å². The molecule has 0 spiro atoms. The fraction of sp³-hybridized carbons (Fsp3) is 0.600. The fourth-order valence-corrected chi connectivity index (χ4v) is 0.291. The van der Waals surface area contributed by atoms with Gasteiger partial charge in [0.1, 0.15) is 6.61 Å². The van der Waals surface area contributed by atoms with E-state index in [0.717, 1.165) is 0 Å². The zero-order valence-corrected chi connectivity index (χ0v) is 5.99. The van der Waals surface area contributed by atoms with Gasteiger partial charge >= 0.3 is 12.1 Å². The largest absolute Gasteiger partial charge is 0.448 e. The van der Waals surface area contributed by atoms with E-state index < -0.39 is 18.7 Å². The molecule has 0 aliphatic rings. The van der Waals surface area contributed by atoms with Crippen molar-refractivity contribution in [2.45, 2.75) is 6.92 Å². The molecule has 0 fully saturated rings. The zero-order chi connectivity index (χ0) is 8.69. The van der Waals surface area contributed by atoms with Gasteiger partial charge in [0.2, 0.25) is 0 Å². The first kappa shape index (κ1) is 9.70. The number of hydrogen-bond acceptors (Lipinski definition) is 5. The topological polar surface area (TPSA) is 84.9 Å². The molecule has 2 N–H and O–H groups in total. The Labute approximate surface area is 63.0 Å². The maximum Gasteiger partial charge on any atom is 0.440 e. The quantitative estimate of drug-likeness (QED) is 0.519. The highest BCUT2D eigenvalue weighted by atomic mass is 16.7. The lowest BCUT2D eigenvalue weighted by molar-refractivity contribution is -0.153. The second-order valence-corrected chi connectivity index (χ2v) is 1.45. The van der Waals surface area contributed by atoms with E-state index in [1.165, 1.54) is 0 Å². The Morgan fingerprint density at radius 2 is 2.18 bits per heavy atom. The Balaban J connectivity index is 3.38. The molecule has 11 heavy (non-hydrogen) atoms. The van der Waals surface area contributed by atoms with Crippen LogP contribution in [-0.4, -0.2) is 30.4 Å². The lowest BCUT2D eigenvalue weighted by Gasteiger charge is -2.02. The first-order valence-electron chi connectivity index (χ1n) is 2.94. The third kappa shape index (κ3) is 5.16. The highest BCUT2D eigenvalue weighted by Crippen LogP contribution is 1.77. The van der Waals surface area contributed by atoms with Crippen LogP contribution in [0.4, 0.5) is 4.79 Å². The van der Waals surface area contributed by atoms with Crippen molar-refractivity contribution in [2.75, 3.05) is 13.2 Å². The number of aliphatic hydroxyl groups excluding tert-OH is 1. The van der Waals surface area contributed by atoms with Crippen LogP contribution in [0.3, 0.4) is 0 Å². The molecule has 1 amide bonds. The first-order valence-corrected chi connectivity index (χ1v) is 2.94. The molecule has 6 nitrogen and oxygen atoms in total. The van der Waals surface area contributed by atoms with Crippen LogP contribution in [0.2, 0.25) is 0 Å². The van der Waals surface area contributed by atoms with Gasteiger partial charge < -0.3 is 14.7 Å². The number of hydrogen-bond donors (Lipinski definition) is 2. The number of nitrogens with one attached hydrogen (secondary N) is 1. The minimum Gasteiger partial charge on any atom is -0.448 e. The van der Waals surface area contributed by atoms with Crippen molar-refractivity contribution in [3.8, 4) is 0 Å². The van der Waals surface area contributed by atoms with E-state index in [2.05, 4.69) is 9.57 Å². The van der Waals surface area contributed by atoms with E-state index in [1.54, 1.807) is 12.4 Å². The van der Waals surface area contributed by atoms with E-state index in [4.69, 9.17) is 5.11 Å². The average molecular weight is 163 g/mol. The number of rotatable bonds is 2. The van der Waals surface area contributed by atoms with Gasteiger partial charge in [-0.15, -0.1) is 5.48 Å². The number of ether oxygens (including phenoxy) is 1. The summed E-state index contributed by atoms with van der Waals surface area (Å²) in [7, 11) is 0. The maximum atomic E-state index is 10.4. The number of carbonyl (C=O) groups excluding carboxylic acids is 2. The molecule has 0 aliphatic heterocycles. The Morgan fingerprint density at radius 3 is 2.64 bits per heavy atom. The molecule has 0 aromatic rings. The van der Waals surface area contributed by atoms with Gasteiger partial charge in [-0.05, 0) is 6.92 Å². The summed E-state index contributed by atoms with van der Waals surface area (Å²) >= 11 is 0. The summed E-state index contributed by atoms with van der Waals surface area (Å²) in [5, 5.41) is 8.11. The predicted octanol–water partition coefficient (Wildman–Crippen LogP) is -0.817. The van der Waals surface area contributed by atoms with Gasteiger partial charge in [-0.3, -0.25) is 0 Å². The molecule has 0 saturated carbocycles. The molecule has 0 atom stereocenters. The van der Waals surface area contributed by atoms with Gasteiger partial charge in [-0.1, -0.05) is 0 Å². The summed E-state index contributed by atoms with van der Waals surface area (Å²) in [4.78, 5) is 24.5. The molecule has 0 aromatic carbocycles. The molecular formula is C5H9NO5. The summed E-state index contributed by atoms with van der Waals surface area (Å²) in [6.45, 7) is 1.00. The number of amides is 1. The summed E-state index contributed by atoms with van der Waals surface area (Å²) in [6, 6.07) is 0. The lowest BCUT2D eigenvalue weighted by atomic mass is 10.8. The molecule has 0 saturated heterocycles. The third-order valence-electron chi connectivity index (χ3n) is 0.653. The first-order chi connectivity index (χ1) is 5.20. The van der Waals surface area contributed by atoms with Gasteiger partial charge in [0.05, 0.1) is 6.61 Å². The van der Waals surface area contributed by atoms with Gasteiger partial charge in [-0.2, -0.15) is 0 Å². The van der Waals surface area contributed by atoms with Crippen LogP contribution in [0.5, 0.6) is 0 Å². The van der Waals surface area contributed by atoms with Crippen LogP contribution in [0, 0.1) is 0 Å². The normalized spacial score (nSPS) is 8.55. The molecule has 0 aliphatic carbocycles. The summed E-state index contributed by atoms with van der Waals surface area (Å²) in [5.74, 6) is -0.946. The smallest absolute Gasteiger partial charge is 0.440 e. The van der Waals surface area contributed by atoms with E-state index in [1.807, 2.05) is 0 Å². The Hall–Kier alpha value is -1.30. The molecule has 6 heteroatoms. The predicted molar refractivity (Wildman–Crippen MR) is 33.3 cm³/mol. The number of aliphatic hydroxyl groups is 1. The molecule has 64 valence electrons. The van der Waals surface area contributed by atoms with Crippen LogP contribution in [0.1, 0.15) is 6.92 Å². The zero-order valence-electron chi connectivity index (χ0n) is 5.99. The van der Waals surface area contributed by atoms with Crippen LogP contribution in [0.25, 0.3) is 0 Å². The second kappa shape index (κ2) is 5.48. The summed E-state index contributed by atoms with van der Waals surface area (Å²) in [6.07, 6.45) is -0.866. The average Bonchev–Trinajstić information content (AvgIpc) is 2.01. The highest BCUT2D eigenvalue weighted by Gasteiger charge is 2.03. The Kier molecular flexibility index (Phi) is 4.83. The molecular weight excluding hydrogens is 154 g/mol. The highest BCUT2D eigenvalue weighted by molar-refractivity contribution is 5.73. The van der Waals surface area contributed by atoms with Crippen LogP contribution in [-0.2, 0) is 14.4 Å². The number of carbonyl (C=O) groups is 2. The van der Waals surface area contributed by atoms with Gasteiger partial charge in [-0.25, -0.2) is 9.59 Å². The monoisotopic (exact) mass is 163 g/mol. The summed E-state index contributed by atoms with van der Waals surface area (Å²) < 4.78 is 4.33. The standard InChI is InChI=1S/C5H9NO5/c1-2-10-5(9)6-11-4(8)3-7/h7H,2-3H2,1H3,(H,6,9). The van der Waals surface area contributed by atoms with Crippen LogP contribution < -0.4 is 5.48 Å². The SMILES string of the molecule is CCOC(=O)NOC(=O)CO. The van der Waals surface area contributed by atoms with Gasteiger partial charge in [0, 0.05) is 0 Å². The van der Waals surface area contributed by atoms with Crippen LogP contribution in [0.15, 0.2) is 0 Å². The summed E-state index contributed by atoms with van der Waals surface area (Å²) in [5.41, 5.74) is 1.66. The van der Waals surface area contributed by atoms with Crippen molar-refractivity contribution in [3.05, 3.63) is 0 Å². The van der Waals surface area contributed by atoms with Crippen molar-refractivity contribution in [1.82, 2.24) is 5.48 Å². The molecule has 0 rings (SSSR count). The van der Waals surface area contributed by atoms with Crippen molar-refractivity contribution in [3.63, 3.8) is 0 Å². The minimum atomic E-state index is -0.946. The Morgan fingerprint density at radius 1 is 1.55 bits per heavy atom. The molecule has 0 heterocycles. The maximum absolute atomic E-state index is 10.4. The minimum absolute atomic E-state index is 0.183. The fourth-order valence-electron chi connectivity index (χ4n) is 0.291. The van der Waals surface area contributed by atoms with E-state index in [9.17, 15) is 9.59 Å². The van der Waals surface area contributed by atoms with E-state index >= 15 is 0 Å². The second-order valence-electron chi connectivity index (χ2n) is 1.45. The molecule has 0 unspecified atom stereocenters. The van der Waals surface area contributed by atoms with Gasteiger partial charge in [0.15, 0.2) is 0 Å². The third-order valence-corrected chi connectivity index (χ3v) is 0.653. The van der Waals surface area contributed by atoms with Crippen molar-refractivity contribution < 1.29 is 24.3 Å². The lowest BCUT2D eigenvalue weighted by Crippen LogP contribution is -2.28. The van der Waals surface area contributed by atoms with E-state index in [-0.39, 0.29) is 6.61 Å². The van der Waals surface area contributed by atoms with Crippen molar-refractivity contribution in [2.24, 2.45) is 0 Å². The van der Waals surface area contributed by atoms with E-state index in [0.29, 0.717) is 0 Å². The van der Waals surface area contributed by atoms with Crippen LogP contribution >= 0.6 is 0 Å². The van der Waals surface area contributed by atoms with Gasteiger partial charge in [0.25, 0.3) is 0 Å². The molecule has 0 radical (unpaired) electrons. The Bertz CT molecular complexity index is 146. The number of hydroxylamine groups is 1. The molecule has 0 bridgehead atoms. The molecule has 0 aromatic heterocycles. The van der Waals surface area contributed by atoms with Crippen molar-refractivity contribution in [1.29, 1.82) is 0 Å².